The lowest BCUT2D eigenvalue weighted by atomic mass is 10.2. The van der Waals surface area contributed by atoms with Crippen LogP contribution in [0, 0.1) is 0 Å². The van der Waals surface area contributed by atoms with Crippen molar-refractivity contribution in [1.82, 2.24) is 0 Å². The van der Waals surface area contributed by atoms with Crippen LogP contribution in [0.5, 0.6) is 0 Å². The summed E-state index contributed by atoms with van der Waals surface area (Å²) >= 11 is 0. The first kappa shape index (κ1) is 8.38. The van der Waals surface area contributed by atoms with Gasteiger partial charge in [0.1, 0.15) is 0 Å². The zero-order valence-corrected chi connectivity index (χ0v) is 7.21. The highest BCUT2D eigenvalue weighted by molar-refractivity contribution is 7.47. The van der Waals surface area contributed by atoms with Crippen molar-refractivity contribution in [3.05, 3.63) is 29.8 Å². The van der Waals surface area contributed by atoms with E-state index in [0.29, 0.717) is 5.30 Å². The molecule has 0 heterocycles. The lowest BCUT2D eigenvalue weighted by Crippen LogP contribution is -1.96. The van der Waals surface area contributed by atoms with Crippen molar-refractivity contribution in [1.29, 1.82) is 0 Å². The summed E-state index contributed by atoms with van der Waals surface area (Å²) in [5, 5.41) is 0.513. The first-order valence-electron chi connectivity index (χ1n) is 3.49. The second-order valence-corrected chi connectivity index (χ2v) is 3.36. The minimum Gasteiger partial charge on any atom is -0.156 e. The van der Waals surface area contributed by atoms with E-state index >= 15 is 0 Å². The van der Waals surface area contributed by atoms with E-state index in [9.17, 15) is 4.57 Å². The molecule has 0 fully saturated rings. The van der Waals surface area contributed by atoms with E-state index in [4.69, 9.17) is 4.89 Å². The molecule has 0 amide bonds. The second kappa shape index (κ2) is 3.61. The maximum Gasteiger partial charge on any atom is 0.546 e. The van der Waals surface area contributed by atoms with Gasteiger partial charge in [-0.2, -0.15) is 4.89 Å². The number of hydrogen-bond donors (Lipinski definition) is 1. The average molecular weight is 169 g/mol. The van der Waals surface area contributed by atoms with Crippen molar-refractivity contribution in [2.45, 2.75) is 13.3 Å². The highest BCUT2D eigenvalue weighted by atomic mass is 31.1. The van der Waals surface area contributed by atoms with Gasteiger partial charge in [-0.3, -0.25) is 0 Å². The van der Waals surface area contributed by atoms with Crippen molar-refractivity contribution in [3.63, 3.8) is 0 Å². The molecule has 3 heteroatoms. The second-order valence-electron chi connectivity index (χ2n) is 2.30. The van der Waals surface area contributed by atoms with Gasteiger partial charge in [0.15, 0.2) is 0 Å². The zero-order chi connectivity index (χ0) is 8.27. The molecule has 1 unspecified atom stereocenters. The summed E-state index contributed by atoms with van der Waals surface area (Å²) in [6, 6.07) is 7.18. The molecule has 1 aromatic rings. The molecular formula is C8H10O2P+. The van der Waals surface area contributed by atoms with Crippen LogP contribution < -0.4 is 5.30 Å². The number of hydrogen-bond acceptors (Lipinski definition) is 1. The molecule has 0 saturated carbocycles. The smallest absolute Gasteiger partial charge is 0.156 e. The fourth-order valence-corrected chi connectivity index (χ4v) is 1.39. The van der Waals surface area contributed by atoms with Gasteiger partial charge in [-0.25, -0.2) is 0 Å². The maximum absolute atomic E-state index is 10.6. The van der Waals surface area contributed by atoms with E-state index in [2.05, 4.69) is 0 Å². The van der Waals surface area contributed by atoms with Gasteiger partial charge in [0.05, 0.1) is 0 Å². The van der Waals surface area contributed by atoms with E-state index in [-0.39, 0.29) is 0 Å². The predicted octanol–water partition coefficient (Wildman–Crippen LogP) is 1.61. The Kier molecular flexibility index (Phi) is 2.75. The normalized spacial score (nSPS) is 11.3. The molecule has 1 N–H and O–H groups in total. The Bertz CT molecular complexity index is 271. The monoisotopic (exact) mass is 169 g/mol. The molecule has 1 atom stereocenters. The van der Waals surface area contributed by atoms with Gasteiger partial charge in [-0.15, -0.1) is 0 Å². The van der Waals surface area contributed by atoms with Crippen molar-refractivity contribution in [2.24, 2.45) is 0 Å². The quantitative estimate of drug-likeness (QED) is 0.683. The van der Waals surface area contributed by atoms with E-state index in [1.165, 1.54) is 0 Å². The van der Waals surface area contributed by atoms with Gasteiger partial charge in [-0.1, -0.05) is 19.1 Å². The van der Waals surface area contributed by atoms with Crippen molar-refractivity contribution in [3.8, 4) is 0 Å². The zero-order valence-electron chi connectivity index (χ0n) is 6.32. The fraction of sp³-hybridized carbons (Fsp3) is 0.250. The summed E-state index contributed by atoms with van der Waals surface area (Å²) in [5.41, 5.74) is 1.10. The van der Waals surface area contributed by atoms with Crippen LogP contribution in [-0.4, -0.2) is 4.89 Å². The third kappa shape index (κ3) is 2.11. The highest BCUT2D eigenvalue weighted by Crippen LogP contribution is 2.13. The molecule has 0 aromatic heterocycles. The Morgan fingerprint density at radius 1 is 1.55 bits per heavy atom. The van der Waals surface area contributed by atoms with Gasteiger partial charge in [0, 0.05) is 0 Å². The highest BCUT2D eigenvalue weighted by Gasteiger charge is 2.14. The van der Waals surface area contributed by atoms with Crippen LogP contribution in [0.3, 0.4) is 0 Å². The summed E-state index contributed by atoms with van der Waals surface area (Å²) in [4.78, 5) is 8.75. The topological polar surface area (TPSA) is 37.3 Å². The first-order valence-corrected chi connectivity index (χ1v) is 4.70. The molecule has 1 rings (SSSR count). The summed E-state index contributed by atoms with van der Waals surface area (Å²) < 4.78 is 10.6. The average Bonchev–Trinajstić information content (AvgIpc) is 2.05. The van der Waals surface area contributed by atoms with Crippen LogP contribution in [0.4, 0.5) is 0 Å². The number of rotatable bonds is 2. The Labute approximate surface area is 66.7 Å². The van der Waals surface area contributed by atoms with Gasteiger partial charge in [0.25, 0.3) is 0 Å². The minimum atomic E-state index is -2.17. The van der Waals surface area contributed by atoms with E-state index in [1.54, 1.807) is 18.2 Å². The molecule has 58 valence electrons. The SMILES string of the molecule is CCc1cccc([P+](=O)O)c1. The van der Waals surface area contributed by atoms with Crippen molar-refractivity contribution >= 4 is 13.3 Å². The molecule has 0 spiro atoms. The van der Waals surface area contributed by atoms with Crippen molar-refractivity contribution in [2.75, 3.05) is 0 Å². The standard InChI is InChI=1S/C8H9O2P/c1-2-7-4-3-5-8(6-7)11(9)10/h3-6H,2H2,1H3/p+1. The van der Waals surface area contributed by atoms with E-state index < -0.39 is 8.03 Å². The summed E-state index contributed by atoms with van der Waals surface area (Å²) in [7, 11) is -2.17. The van der Waals surface area contributed by atoms with Gasteiger partial charge < -0.3 is 0 Å². The minimum absolute atomic E-state index is 0.513. The van der Waals surface area contributed by atoms with Crippen LogP contribution in [0.2, 0.25) is 0 Å². The van der Waals surface area contributed by atoms with Crippen molar-refractivity contribution < 1.29 is 9.46 Å². The van der Waals surface area contributed by atoms with Gasteiger partial charge >= 0.3 is 8.03 Å². The Morgan fingerprint density at radius 2 is 2.27 bits per heavy atom. The lowest BCUT2D eigenvalue weighted by Gasteiger charge is -1.91. The third-order valence-corrected chi connectivity index (χ3v) is 2.26. The van der Waals surface area contributed by atoms with Crippen LogP contribution in [0.25, 0.3) is 0 Å². The van der Waals surface area contributed by atoms with Gasteiger partial charge in [0.2, 0.25) is 5.30 Å². The summed E-state index contributed by atoms with van der Waals surface area (Å²) in [5.74, 6) is 0. The third-order valence-electron chi connectivity index (χ3n) is 1.54. The van der Waals surface area contributed by atoms with Crippen LogP contribution in [0.15, 0.2) is 24.3 Å². The van der Waals surface area contributed by atoms with Crippen LogP contribution >= 0.6 is 8.03 Å². The molecule has 0 aliphatic heterocycles. The molecule has 2 nitrogen and oxygen atoms in total. The van der Waals surface area contributed by atoms with E-state index in [1.807, 2.05) is 13.0 Å². The molecule has 0 bridgehead atoms. The van der Waals surface area contributed by atoms with Crippen LogP contribution in [0.1, 0.15) is 12.5 Å². The number of benzene rings is 1. The Morgan fingerprint density at radius 3 is 2.82 bits per heavy atom. The van der Waals surface area contributed by atoms with Gasteiger partial charge in [-0.05, 0) is 28.7 Å². The molecule has 11 heavy (non-hydrogen) atoms. The molecule has 1 aromatic carbocycles. The first-order chi connectivity index (χ1) is 5.24. The maximum atomic E-state index is 10.6. The molecular weight excluding hydrogens is 159 g/mol. The van der Waals surface area contributed by atoms with E-state index in [0.717, 1.165) is 12.0 Å². The fourth-order valence-electron chi connectivity index (χ4n) is 0.895. The summed E-state index contributed by atoms with van der Waals surface area (Å²) in [6.45, 7) is 2.02. The van der Waals surface area contributed by atoms with Crippen LogP contribution in [-0.2, 0) is 11.0 Å². The largest absolute Gasteiger partial charge is 0.546 e. The predicted molar refractivity (Wildman–Crippen MR) is 45.3 cm³/mol. The molecule has 0 aliphatic rings. The molecule has 0 saturated heterocycles. The molecule has 0 aliphatic carbocycles. The number of aryl methyl sites for hydroxylation is 1. The molecule has 0 radical (unpaired) electrons. The lowest BCUT2D eigenvalue weighted by molar-refractivity contribution is 0.513. The Balaban J connectivity index is 3.01. The summed E-state index contributed by atoms with van der Waals surface area (Å²) in [6.07, 6.45) is 0.900. The Hall–Kier alpha value is -0.720.